The van der Waals surface area contributed by atoms with Gasteiger partial charge in [-0.25, -0.2) is 0 Å². The standard InChI is InChI=1S/C15H26O5/c1-9(2)8-11(13(17)19-7)12(10(3)16)14(18)20-15(4,5)6/h9,11-12H,8H2,1-7H3/t11-,12?/m0/s1. The van der Waals surface area contributed by atoms with Crippen LogP contribution in [0.3, 0.4) is 0 Å². The molecule has 0 rings (SSSR count). The van der Waals surface area contributed by atoms with E-state index in [1.54, 1.807) is 20.8 Å². The predicted molar refractivity (Wildman–Crippen MR) is 75.0 cm³/mol. The van der Waals surface area contributed by atoms with Crippen molar-refractivity contribution in [3.8, 4) is 0 Å². The minimum Gasteiger partial charge on any atom is -0.469 e. The van der Waals surface area contributed by atoms with Crippen molar-refractivity contribution in [1.29, 1.82) is 0 Å². The Kier molecular flexibility index (Phi) is 6.89. The fraction of sp³-hybridized carbons (Fsp3) is 0.800. The Morgan fingerprint density at radius 2 is 1.55 bits per heavy atom. The molecule has 0 radical (unpaired) electrons. The summed E-state index contributed by atoms with van der Waals surface area (Å²) in [7, 11) is 1.25. The first-order valence-electron chi connectivity index (χ1n) is 6.80. The molecule has 0 heterocycles. The topological polar surface area (TPSA) is 69.7 Å². The number of methoxy groups -OCH3 is 1. The van der Waals surface area contributed by atoms with Crippen molar-refractivity contribution < 1.29 is 23.9 Å². The van der Waals surface area contributed by atoms with Gasteiger partial charge in [-0.15, -0.1) is 0 Å². The Labute approximate surface area is 121 Å². The molecule has 0 aliphatic rings. The lowest BCUT2D eigenvalue weighted by molar-refractivity contribution is -0.169. The summed E-state index contributed by atoms with van der Waals surface area (Å²) in [5.74, 6) is -3.35. The summed E-state index contributed by atoms with van der Waals surface area (Å²) in [5, 5.41) is 0. The molecular weight excluding hydrogens is 260 g/mol. The van der Waals surface area contributed by atoms with Gasteiger partial charge in [0.1, 0.15) is 17.3 Å². The van der Waals surface area contributed by atoms with Gasteiger partial charge in [0.25, 0.3) is 0 Å². The molecule has 0 aliphatic heterocycles. The van der Waals surface area contributed by atoms with Crippen LogP contribution >= 0.6 is 0 Å². The molecule has 0 amide bonds. The summed E-state index contributed by atoms with van der Waals surface area (Å²) < 4.78 is 9.98. The van der Waals surface area contributed by atoms with Gasteiger partial charge in [-0.1, -0.05) is 13.8 Å². The molecule has 0 spiro atoms. The van der Waals surface area contributed by atoms with Crippen LogP contribution in [0.2, 0.25) is 0 Å². The first-order valence-corrected chi connectivity index (χ1v) is 6.80. The lowest BCUT2D eigenvalue weighted by Crippen LogP contribution is -2.40. The molecule has 0 saturated carbocycles. The highest BCUT2D eigenvalue weighted by molar-refractivity contribution is 6.01. The van der Waals surface area contributed by atoms with Crippen molar-refractivity contribution in [2.45, 2.75) is 53.6 Å². The first-order chi connectivity index (χ1) is 8.99. The number of carbonyl (C=O) groups excluding carboxylic acids is 3. The van der Waals surface area contributed by atoms with Gasteiger partial charge in [-0.2, -0.15) is 0 Å². The van der Waals surface area contributed by atoms with Crippen LogP contribution in [-0.4, -0.2) is 30.4 Å². The summed E-state index contributed by atoms with van der Waals surface area (Å²) in [6, 6.07) is 0. The molecule has 0 aromatic carbocycles. The van der Waals surface area contributed by atoms with Crippen molar-refractivity contribution in [3.05, 3.63) is 0 Å². The largest absolute Gasteiger partial charge is 0.469 e. The molecule has 0 bridgehead atoms. The van der Waals surface area contributed by atoms with E-state index in [-0.39, 0.29) is 11.7 Å². The van der Waals surface area contributed by atoms with E-state index in [1.807, 2.05) is 13.8 Å². The highest BCUT2D eigenvalue weighted by Crippen LogP contribution is 2.26. The zero-order chi connectivity index (χ0) is 16.1. The number of rotatable bonds is 6. The molecule has 20 heavy (non-hydrogen) atoms. The third kappa shape index (κ3) is 6.17. The van der Waals surface area contributed by atoms with Crippen LogP contribution in [0.4, 0.5) is 0 Å². The molecule has 5 heteroatoms. The maximum absolute atomic E-state index is 12.2. The Hall–Kier alpha value is -1.39. The molecule has 0 fully saturated rings. The van der Waals surface area contributed by atoms with Crippen molar-refractivity contribution >= 4 is 17.7 Å². The Bertz CT molecular complexity index is 365. The van der Waals surface area contributed by atoms with E-state index < -0.39 is 29.4 Å². The van der Waals surface area contributed by atoms with E-state index in [0.29, 0.717) is 6.42 Å². The summed E-state index contributed by atoms with van der Waals surface area (Å²) in [5.41, 5.74) is -0.705. The van der Waals surface area contributed by atoms with Crippen LogP contribution in [0.1, 0.15) is 48.0 Å². The van der Waals surface area contributed by atoms with Gasteiger partial charge in [0.15, 0.2) is 0 Å². The minimum absolute atomic E-state index is 0.156. The third-order valence-corrected chi connectivity index (χ3v) is 2.73. The number of esters is 2. The zero-order valence-electron chi connectivity index (χ0n) is 13.5. The lowest BCUT2D eigenvalue weighted by atomic mass is 9.83. The van der Waals surface area contributed by atoms with E-state index in [4.69, 9.17) is 9.47 Å². The minimum atomic E-state index is -1.11. The number of hydrogen-bond acceptors (Lipinski definition) is 5. The van der Waals surface area contributed by atoms with Crippen molar-refractivity contribution in [2.24, 2.45) is 17.8 Å². The monoisotopic (exact) mass is 286 g/mol. The first kappa shape index (κ1) is 18.6. The Morgan fingerprint density at radius 3 is 1.85 bits per heavy atom. The second-order valence-corrected chi connectivity index (χ2v) is 6.38. The van der Waals surface area contributed by atoms with Crippen molar-refractivity contribution in [1.82, 2.24) is 0 Å². The molecular formula is C15H26O5. The fourth-order valence-electron chi connectivity index (χ4n) is 2.01. The van der Waals surface area contributed by atoms with E-state index in [1.165, 1.54) is 14.0 Å². The lowest BCUT2D eigenvalue weighted by Gasteiger charge is -2.27. The van der Waals surface area contributed by atoms with E-state index in [0.717, 1.165) is 0 Å². The molecule has 0 aromatic rings. The summed E-state index contributed by atoms with van der Waals surface area (Å²) in [6.45, 7) is 10.3. The average Bonchev–Trinajstić information content (AvgIpc) is 2.23. The third-order valence-electron chi connectivity index (χ3n) is 2.73. The van der Waals surface area contributed by atoms with Gasteiger partial charge >= 0.3 is 11.9 Å². The van der Waals surface area contributed by atoms with Gasteiger partial charge in [0, 0.05) is 0 Å². The molecule has 5 nitrogen and oxygen atoms in total. The zero-order valence-corrected chi connectivity index (χ0v) is 13.5. The molecule has 2 atom stereocenters. The summed E-state index contributed by atoms with van der Waals surface area (Å²) in [6.07, 6.45) is 0.399. The molecule has 1 unspecified atom stereocenters. The van der Waals surface area contributed by atoms with Crippen LogP contribution in [0.5, 0.6) is 0 Å². The number of ketones is 1. The molecule has 0 saturated heterocycles. The van der Waals surface area contributed by atoms with Gasteiger partial charge < -0.3 is 9.47 Å². The van der Waals surface area contributed by atoms with Crippen molar-refractivity contribution in [3.63, 3.8) is 0 Å². The average molecular weight is 286 g/mol. The number of ether oxygens (including phenoxy) is 2. The van der Waals surface area contributed by atoms with Gasteiger partial charge in [-0.05, 0) is 40.0 Å². The van der Waals surface area contributed by atoms with Gasteiger partial charge in [0.05, 0.1) is 13.0 Å². The Morgan fingerprint density at radius 1 is 1.05 bits per heavy atom. The quantitative estimate of drug-likeness (QED) is 0.554. The SMILES string of the molecule is COC(=O)[C@@H](CC(C)C)C(C(C)=O)C(=O)OC(C)(C)C. The maximum atomic E-state index is 12.2. The molecule has 0 aromatic heterocycles. The number of carbonyl (C=O) groups is 3. The van der Waals surface area contributed by atoms with Crippen LogP contribution in [0.15, 0.2) is 0 Å². The second-order valence-electron chi connectivity index (χ2n) is 6.38. The maximum Gasteiger partial charge on any atom is 0.317 e. The van der Waals surface area contributed by atoms with Crippen LogP contribution < -0.4 is 0 Å². The van der Waals surface area contributed by atoms with Crippen LogP contribution in [0, 0.1) is 17.8 Å². The van der Waals surface area contributed by atoms with Crippen molar-refractivity contribution in [2.75, 3.05) is 7.11 Å². The van der Waals surface area contributed by atoms with Crippen LogP contribution in [-0.2, 0) is 23.9 Å². The predicted octanol–water partition coefficient (Wildman–Crippen LogP) is 2.37. The second kappa shape index (κ2) is 7.41. The number of hydrogen-bond donors (Lipinski definition) is 0. The van der Waals surface area contributed by atoms with Gasteiger partial charge in [0.2, 0.25) is 0 Å². The molecule has 116 valence electrons. The normalized spacial score (nSPS) is 14.6. The number of Topliss-reactive ketones (excluding diaryl/α,β-unsaturated/α-hetero) is 1. The van der Waals surface area contributed by atoms with E-state index in [9.17, 15) is 14.4 Å². The highest BCUT2D eigenvalue weighted by Gasteiger charge is 2.40. The highest BCUT2D eigenvalue weighted by atomic mass is 16.6. The fourth-order valence-corrected chi connectivity index (χ4v) is 2.01. The van der Waals surface area contributed by atoms with E-state index in [2.05, 4.69) is 0 Å². The molecule has 0 N–H and O–H groups in total. The Balaban J connectivity index is 5.32. The van der Waals surface area contributed by atoms with Crippen LogP contribution in [0.25, 0.3) is 0 Å². The molecule has 0 aliphatic carbocycles. The van der Waals surface area contributed by atoms with Gasteiger partial charge in [-0.3, -0.25) is 14.4 Å². The summed E-state index contributed by atoms with van der Waals surface area (Å²) in [4.78, 5) is 35.9. The smallest absolute Gasteiger partial charge is 0.317 e. The summed E-state index contributed by atoms with van der Waals surface area (Å²) >= 11 is 0. The van der Waals surface area contributed by atoms with E-state index >= 15 is 0 Å².